The Bertz CT molecular complexity index is 807. The molecule has 148 valence electrons. The van der Waals surface area contributed by atoms with E-state index in [-0.39, 0.29) is 17.6 Å². The molecule has 3 N–H and O–H groups in total. The minimum absolute atomic E-state index is 0.0293. The number of hydrogen-bond acceptors (Lipinski definition) is 5. The molecular formula is C18H23F3N4O2. The molecule has 0 amide bonds. The summed E-state index contributed by atoms with van der Waals surface area (Å²) >= 11 is 0. The first-order chi connectivity index (χ1) is 12.8. The fourth-order valence-corrected chi connectivity index (χ4v) is 3.51. The summed E-state index contributed by atoms with van der Waals surface area (Å²) in [6.07, 6.45) is -0.576. The maximum absolute atomic E-state index is 13.5. The molecule has 0 bridgehead atoms. The van der Waals surface area contributed by atoms with Gasteiger partial charge in [-0.1, -0.05) is 0 Å². The first-order valence-electron chi connectivity index (χ1n) is 9.09. The van der Waals surface area contributed by atoms with E-state index in [0.29, 0.717) is 11.5 Å². The number of benzene rings is 1. The van der Waals surface area contributed by atoms with Crippen molar-refractivity contribution in [3.05, 3.63) is 34.3 Å². The van der Waals surface area contributed by atoms with Crippen molar-refractivity contribution in [3.8, 4) is 11.5 Å². The number of nitrogens with one attached hydrogen (secondary N) is 3. The molecule has 0 radical (unpaired) electrons. The SMILES string of the molecule is CC(Nc1cc(-c2n[nH]c(=O)o2)ccc1C(F)(F)F)C1CCCNCCC1. The molecular weight excluding hydrogens is 361 g/mol. The highest BCUT2D eigenvalue weighted by Gasteiger charge is 2.34. The molecule has 1 aromatic heterocycles. The summed E-state index contributed by atoms with van der Waals surface area (Å²) in [7, 11) is 0. The normalized spacial score (nSPS) is 17.9. The van der Waals surface area contributed by atoms with E-state index in [4.69, 9.17) is 4.42 Å². The Labute approximate surface area is 154 Å². The zero-order valence-corrected chi connectivity index (χ0v) is 15.0. The molecule has 9 heteroatoms. The van der Waals surface area contributed by atoms with Crippen molar-refractivity contribution < 1.29 is 17.6 Å². The molecule has 0 saturated carbocycles. The fraction of sp³-hybridized carbons (Fsp3) is 0.556. The first-order valence-corrected chi connectivity index (χ1v) is 9.09. The summed E-state index contributed by atoms with van der Waals surface area (Å²) in [6.45, 7) is 3.79. The van der Waals surface area contributed by atoms with E-state index >= 15 is 0 Å². The number of hydrogen-bond donors (Lipinski definition) is 3. The van der Waals surface area contributed by atoms with Gasteiger partial charge in [0.1, 0.15) is 0 Å². The van der Waals surface area contributed by atoms with Crippen LogP contribution in [0.3, 0.4) is 0 Å². The topological polar surface area (TPSA) is 83.0 Å². The summed E-state index contributed by atoms with van der Waals surface area (Å²) in [4.78, 5) is 11.1. The molecule has 6 nitrogen and oxygen atoms in total. The predicted molar refractivity (Wildman–Crippen MR) is 95.5 cm³/mol. The van der Waals surface area contributed by atoms with Crippen LogP contribution >= 0.6 is 0 Å². The van der Waals surface area contributed by atoms with Crippen LogP contribution in [0.4, 0.5) is 18.9 Å². The fourth-order valence-electron chi connectivity index (χ4n) is 3.51. The molecule has 3 rings (SSSR count). The summed E-state index contributed by atoms with van der Waals surface area (Å²) in [5, 5.41) is 12.2. The lowest BCUT2D eigenvalue weighted by Crippen LogP contribution is -2.31. The largest absolute Gasteiger partial charge is 0.434 e. The van der Waals surface area contributed by atoms with Gasteiger partial charge in [-0.3, -0.25) is 0 Å². The molecule has 2 heterocycles. The predicted octanol–water partition coefficient (Wildman–Crippen LogP) is 3.63. The molecule has 1 aliphatic heterocycles. The molecule has 1 unspecified atom stereocenters. The number of rotatable bonds is 4. The number of alkyl halides is 3. The summed E-state index contributed by atoms with van der Waals surface area (Å²) in [5.74, 6) is -0.502. The van der Waals surface area contributed by atoms with Gasteiger partial charge < -0.3 is 15.1 Å². The monoisotopic (exact) mass is 384 g/mol. The third kappa shape index (κ3) is 4.91. The van der Waals surface area contributed by atoms with E-state index in [2.05, 4.69) is 20.8 Å². The summed E-state index contributed by atoms with van der Waals surface area (Å²) < 4.78 is 45.2. The van der Waals surface area contributed by atoms with Crippen LogP contribution in [0, 0.1) is 5.92 Å². The number of H-pyrrole nitrogens is 1. The Morgan fingerprint density at radius 3 is 2.56 bits per heavy atom. The Kier molecular flexibility index (Phi) is 5.88. The van der Waals surface area contributed by atoms with Gasteiger partial charge in [-0.2, -0.15) is 13.2 Å². The maximum atomic E-state index is 13.5. The highest BCUT2D eigenvalue weighted by Crippen LogP contribution is 2.38. The molecule has 1 aliphatic rings. The van der Waals surface area contributed by atoms with Crippen LogP contribution in [0.5, 0.6) is 0 Å². The number of halogens is 3. The van der Waals surface area contributed by atoms with Gasteiger partial charge in [0.2, 0.25) is 5.89 Å². The zero-order chi connectivity index (χ0) is 19.4. The van der Waals surface area contributed by atoms with E-state index in [1.807, 2.05) is 6.92 Å². The van der Waals surface area contributed by atoms with Crippen LogP contribution in [0.1, 0.15) is 38.2 Å². The minimum atomic E-state index is -4.49. The molecule has 1 aromatic carbocycles. The van der Waals surface area contributed by atoms with Crippen LogP contribution in [-0.4, -0.2) is 29.3 Å². The second-order valence-corrected chi connectivity index (χ2v) is 6.90. The second kappa shape index (κ2) is 8.16. The highest BCUT2D eigenvalue weighted by molar-refractivity contribution is 5.65. The van der Waals surface area contributed by atoms with Crippen molar-refractivity contribution in [1.82, 2.24) is 15.5 Å². The molecule has 1 atom stereocenters. The average molecular weight is 384 g/mol. The van der Waals surface area contributed by atoms with E-state index in [1.54, 1.807) is 0 Å². The van der Waals surface area contributed by atoms with Gasteiger partial charge in [-0.05, 0) is 69.8 Å². The number of anilines is 1. The molecule has 1 fully saturated rings. The first kappa shape index (κ1) is 19.5. The van der Waals surface area contributed by atoms with Crippen molar-refractivity contribution in [2.75, 3.05) is 18.4 Å². The van der Waals surface area contributed by atoms with Crippen LogP contribution in [-0.2, 0) is 6.18 Å². The third-order valence-corrected chi connectivity index (χ3v) is 4.96. The van der Waals surface area contributed by atoms with Gasteiger partial charge in [0.25, 0.3) is 0 Å². The molecule has 0 aliphatic carbocycles. The van der Waals surface area contributed by atoms with E-state index < -0.39 is 17.5 Å². The quantitative estimate of drug-likeness (QED) is 0.750. The molecule has 1 saturated heterocycles. The number of aromatic amines is 1. The van der Waals surface area contributed by atoms with Crippen molar-refractivity contribution in [1.29, 1.82) is 0 Å². The Morgan fingerprint density at radius 2 is 1.96 bits per heavy atom. The Morgan fingerprint density at radius 1 is 1.26 bits per heavy atom. The van der Waals surface area contributed by atoms with Gasteiger partial charge in [-0.25, -0.2) is 9.89 Å². The lowest BCUT2D eigenvalue weighted by Gasteiger charge is -2.29. The van der Waals surface area contributed by atoms with Crippen LogP contribution < -0.4 is 16.4 Å². The summed E-state index contributed by atoms with van der Waals surface area (Å²) in [5.41, 5.74) is -0.472. The highest BCUT2D eigenvalue weighted by atomic mass is 19.4. The van der Waals surface area contributed by atoms with Gasteiger partial charge in [0, 0.05) is 17.3 Å². The molecule has 0 spiro atoms. The minimum Gasteiger partial charge on any atom is -0.388 e. The Hall–Kier alpha value is -2.29. The average Bonchev–Trinajstić information content (AvgIpc) is 3.00. The number of aromatic nitrogens is 2. The van der Waals surface area contributed by atoms with Crippen molar-refractivity contribution in [2.24, 2.45) is 5.92 Å². The van der Waals surface area contributed by atoms with E-state index in [9.17, 15) is 18.0 Å². The van der Waals surface area contributed by atoms with Crippen LogP contribution in [0.25, 0.3) is 11.5 Å². The maximum Gasteiger partial charge on any atom is 0.434 e. The van der Waals surface area contributed by atoms with Gasteiger partial charge >= 0.3 is 11.9 Å². The van der Waals surface area contributed by atoms with Crippen LogP contribution in [0.2, 0.25) is 0 Å². The smallest absolute Gasteiger partial charge is 0.388 e. The van der Waals surface area contributed by atoms with Crippen molar-refractivity contribution in [3.63, 3.8) is 0 Å². The van der Waals surface area contributed by atoms with E-state index in [0.717, 1.165) is 44.8 Å². The number of nitrogens with zero attached hydrogens (tertiary/aromatic N) is 1. The Balaban J connectivity index is 1.87. The zero-order valence-electron chi connectivity index (χ0n) is 15.0. The van der Waals surface area contributed by atoms with Gasteiger partial charge in [-0.15, -0.1) is 5.10 Å². The second-order valence-electron chi connectivity index (χ2n) is 6.90. The molecule has 27 heavy (non-hydrogen) atoms. The molecule has 2 aromatic rings. The summed E-state index contributed by atoms with van der Waals surface area (Å²) in [6, 6.07) is 3.45. The van der Waals surface area contributed by atoms with Gasteiger partial charge in [0.05, 0.1) is 5.56 Å². The van der Waals surface area contributed by atoms with Crippen LogP contribution in [0.15, 0.2) is 27.4 Å². The third-order valence-electron chi connectivity index (χ3n) is 4.96. The van der Waals surface area contributed by atoms with Gasteiger partial charge in [0.15, 0.2) is 0 Å². The van der Waals surface area contributed by atoms with Crippen molar-refractivity contribution >= 4 is 5.69 Å². The lowest BCUT2D eigenvalue weighted by molar-refractivity contribution is -0.137. The van der Waals surface area contributed by atoms with Crippen molar-refractivity contribution in [2.45, 2.75) is 44.8 Å². The standard InChI is InChI=1S/C18H23F3N4O2/c1-11(12-4-2-8-22-9-3-5-12)23-15-10-13(16-24-25-17(26)27-16)6-7-14(15)18(19,20)21/h6-7,10-12,22-23H,2-5,8-9H2,1H3,(H,25,26). The van der Waals surface area contributed by atoms with E-state index in [1.165, 1.54) is 12.1 Å². The lowest BCUT2D eigenvalue weighted by atomic mass is 9.89.